The van der Waals surface area contributed by atoms with Gasteiger partial charge in [0.15, 0.2) is 8.07 Å². The van der Waals surface area contributed by atoms with E-state index in [-0.39, 0.29) is 0 Å². The van der Waals surface area contributed by atoms with Crippen LogP contribution in [0.1, 0.15) is 0 Å². The summed E-state index contributed by atoms with van der Waals surface area (Å²) in [7, 11) is -2.65. The summed E-state index contributed by atoms with van der Waals surface area (Å²) in [6.45, 7) is 0. The van der Waals surface area contributed by atoms with Gasteiger partial charge in [-0.15, -0.1) is 0 Å². The second kappa shape index (κ2) is 11.6. The Hall–Kier alpha value is -5.77. The van der Waals surface area contributed by atoms with E-state index in [0.29, 0.717) is 0 Å². The van der Waals surface area contributed by atoms with Crippen LogP contribution in [-0.4, -0.2) is 8.07 Å². The van der Waals surface area contributed by atoms with Crippen LogP contribution >= 0.6 is 6.04 Å². The molecule has 11 rings (SSSR count). The van der Waals surface area contributed by atoms with Gasteiger partial charge in [0.1, 0.15) is 0 Å². The molecule has 1 unspecified atom stereocenters. The summed E-state index contributed by atoms with van der Waals surface area (Å²) in [5.41, 5.74) is 9.77. The lowest BCUT2D eigenvalue weighted by atomic mass is 10.1. The van der Waals surface area contributed by atoms with Gasteiger partial charge in [0.2, 0.25) is 0 Å². The lowest BCUT2D eigenvalue weighted by Crippen LogP contribution is -2.75. The van der Waals surface area contributed by atoms with Gasteiger partial charge in [-0.1, -0.05) is 163 Å². The molecule has 3 aliphatic rings. The molecule has 250 valence electrons. The van der Waals surface area contributed by atoms with Crippen LogP contribution in [0.2, 0.25) is 0 Å². The second-order valence-corrected chi connectivity index (χ2v) is 22.0. The minimum absolute atomic E-state index is 1.12. The number of nitrogens with zero attached hydrogens (tertiary/aromatic N) is 2. The molecule has 3 heterocycles. The monoisotopic (exact) mass is 728 g/mol. The molecular formula is C48H33N2PSSi. The van der Waals surface area contributed by atoms with Crippen LogP contribution in [0, 0.1) is 0 Å². The third-order valence-corrected chi connectivity index (χ3v) is 21.3. The predicted octanol–water partition coefficient (Wildman–Crippen LogP) is 8.37. The van der Waals surface area contributed by atoms with E-state index >= 15 is 0 Å². The van der Waals surface area contributed by atoms with Crippen molar-refractivity contribution in [3.8, 4) is 11.1 Å². The Morgan fingerprint density at radius 1 is 0.358 bits per heavy atom. The second-order valence-electron chi connectivity index (χ2n) is 14.0. The number of fused-ring (bicyclic) bond motifs is 11. The first kappa shape index (κ1) is 30.8. The Bertz CT molecular complexity index is 2710. The van der Waals surface area contributed by atoms with E-state index in [1.165, 1.54) is 59.2 Å². The minimum atomic E-state index is -2.65. The SMILES string of the molecule is S=P1(c2ccccc2)c2ccccc2N(c2ccccc2)c2cc(N3c4ccccc4[Si]4(c5ccccc5-c5ccccc54)c4ccccc43)ccc21. The van der Waals surface area contributed by atoms with Gasteiger partial charge in [-0.3, -0.25) is 0 Å². The largest absolute Gasteiger partial charge is 0.311 e. The zero-order chi connectivity index (χ0) is 35.1. The van der Waals surface area contributed by atoms with Crippen molar-refractivity contribution in [2.24, 2.45) is 0 Å². The zero-order valence-corrected chi connectivity index (χ0v) is 31.5. The van der Waals surface area contributed by atoms with Crippen molar-refractivity contribution in [3.63, 3.8) is 0 Å². The topological polar surface area (TPSA) is 6.48 Å². The molecule has 3 aliphatic heterocycles. The maximum atomic E-state index is 6.98. The van der Waals surface area contributed by atoms with E-state index in [1.54, 1.807) is 0 Å². The maximum absolute atomic E-state index is 6.98. The van der Waals surface area contributed by atoms with E-state index in [0.717, 1.165) is 22.7 Å². The third kappa shape index (κ3) is 4.12. The minimum Gasteiger partial charge on any atom is -0.311 e. The van der Waals surface area contributed by atoms with Crippen LogP contribution in [0.25, 0.3) is 11.1 Å². The standard InChI is InChI=1S/C48H33N2PSSi/c52-51(36-19-5-2-6-20-36)43-26-12-9-23-39(43)49(34-17-3-1-4-18-34)42-33-35(31-32-44(42)51)50-40-24-10-15-29-47(40)53(48-30-16-11-25-41(48)50)45-27-13-7-21-37(45)38-22-8-14-28-46(38)53/h1-33H. The van der Waals surface area contributed by atoms with Crippen LogP contribution in [0.3, 0.4) is 0 Å². The fourth-order valence-electron chi connectivity index (χ4n) is 9.39. The highest BCUT2D eigenvalue weighted by Crippen LogP contribution is 2.55. The first-order valence-corrected chi connectivity index (χ1v) is 22.9. The molecule has 0 amide bonds. The summed E-state index contributed by atoms with van der Waals surface area (Å²) >= 11 is 6.98. The Morgan fingerprint density at radius 3 is 1.43 bits per heavy atom. The quantitative estimate of drug-likeness (QED) is 0.133. The molecule has 0 N–H and O–H groups in total. The van der Waals surface area contributed by atoms with E-state index in [9.17, 15) is 0 Å². The van der Waals surface area contributed by atoms with Crippen LogP contribution in [0.5, 0.6) is 0 Å². The van der Waals surface area contributed by atoms with E-state index < -0.39 is 14.1 Å². The number of para-hydroxylation sites is 4. The molecule has 0 bridgehead atoms. The van der Waals surface area contributed by atoms with Crippen LogP contribution in [0.15, 0.2) is 200 Å². The highest BCUT2D eigenvalue weighted by atomic mass is 32.4. The van der Waals surface area contributed by atoms with E-state index in [1.807, 2.05) is 0 Å². The molecule has 0 aliphatic carbocycles. The molecule has 8 aromatic carbocycles. The third-order valence-electron chi connectivity index (χ3n) is 11.4. The molecular weight excluding hydrogens is 696 g/mol. The number of anilines is 6. The Labute approximate surface area is 316 Å². The molecule has 2 nitrogen and oxygen atoms in total. The molecule has 0 aromatic heterocycles. The molecule has 5 heteroatoms. The van der Waals surface area contributed by atoms with Gasteiger partial charge >= 0.3 is 0 Å². The fraction of sp³-hybridized carbons (Fsp3) is 0. The molecule has 1 atom stereocenters. The van der Waals surface area contributed by atoms with E-state index in [4.69, 9.17) is 11.8 Å². The van der Waals surface area contributed by atoms with Gasteiger partial charge in [0, 0.05) is 39.4 Å². The predicted molar refractivity (Wildman–Crippen MR) is 232 cm³/mol. The molecule has 8 aromatic rings. The van der Waals surface area contributed by atoms with Crippen molar-refractivity contribution in [1.82, 2.24) is 0 Å². The Balaban J connectivity index is 1.20. The molecule has 1 spiro atoms. The lowest BCUT2D eigenvalue weighted by Gasteiger charge is -2.44. The number of hydrogen-bond acceptors (Lipinski definition) is 3. The van der Waals surface area contributed by atoms with Crippen LogP contribution in [-0.2, 0) is 11.8 Å². The summed E-state index contributed by atoms with van der Waals surface area (Å²) in [6, 6.07) is 71.7. The number of hydrogen-bond donors (Lipinski definition) is 0. The summed E-state index contributed by atoms with van der Waals surface area (Å²) in [5, 5.41) is 9.45. The fourth-order valence-corrected chi connectivity index (χ4v) is 19.2. The number of rotatable bonds is 3. The number of benzene rings is 8. The van der Waals surface area contributed by atoms with Gasteiger partial charge in [0.05, 0.1) is 11.4 Å². The van der Waals surface area contributed by atoms with Gasteiger partial charge in [0.25, 0.3) is 0 Å². The Morgan fingerprint density at radius 2 is 0.811 bits per heavy atom. The average molecular weight is 729 g/mol. The zero-order valence-electron chi connectivity index (χ0n) is 28.8. The van der Waals surface area contributed by atoms with Crippen molar-refractivity contribution in [3.05, 3.63) is 200 Å². The van der Waals surface area contributed by atoms with E-state index in [2.05, 4.69) is 210 Å². The maximum Gasteiger partial charge on any atom is 0.185 e. The summed E-state index contributed by atoms with van der Waals surface area (Å²) in [4.78, 5) is 4.95. The summed E-state index contributed by atoms with van der Waals surface area (Å²) < 4.78 is 0. The van der Waals surface area contributed by atoms with Gasteiger partial charge in [-0.05, 0) is 85.7 Å². The van der Waals surface area contributed by atoms with Gasteiger partial charge < -0.3 is 9.80 Å². The first-order chi connectivity index (χ1) is 26.2. The van der Waals surface area contributed by atoms with Crippen molar-refractivity contribution in [2.75, 3.05) is 9.80 Å². The first-order valence-electron chi connectivity index (χ1n) is 18.1. The molecule has 53 heavy (non-hydrogen) atoms. The van der Waals surface area contributed by atoms with Crippen molar-refractivity contribution in [1.29, 1.82) is 0 Å². The van der Waals surface area contributed by atoms with Crippen molar-refractivity contribution >= 4 is 96.7 Å². The van der Waals surface area contributed by atoms with Gasteiger partial charge in [-0.25, -0.2) is 0 Å². The van der Waals surface area contributed by atoms with Crippen LogP contribution < -0.4 is 46.5 Å². The smallest absolute Gasteiger partial charge is 0.185 e. The van der Waals surface area contributed by atoms with Crippen molar-refractivity contribution in [2.45, 2.75) is 0 Å². The van der Waals surface area contributed by atoms with Crippen molar-refractivity contribution < 1.29 is 0 Å². The average Bonchev–Trinajstić information content (AvgIpc) is 3.52. The summed E-state index contributed by atoms with van der Waals surface area (Å²) in [5.74, 6) is 0. The Kier molecular flexibility index (Phi) is 6.75. The molecule has 0 fully saturated rings. The van der Waals surface area contributed by atoms with Gasteiger partial charge in [-0.2, -0.15) is 0 Å². The molecule has 0 saturated heterocycles. The highest BCUT2D eigenvalue weighted by Gasteiger charge is 2.53. The summed E-state index contributed by atoms with van der Waals surface area (Å²) in [6.07, 6.45) is 0. The molecule has 0 saturated carbocycles. The lowest BCUT2D eigenvalue weighted by molar-refractivity contribution is 1.26. The highest BCUT2D eigenvalue weighted by molar-refractivity contribution is 8.25. The normalized spacial score (nSPS) is 16.9. The van der Waals surface area contributed by atoms with Crippen LogP contribution in [0.4, 0.5) is 34.1 Å². The molecule has 0 radical (unpaired) electrons.